The van der Waals surface area contributed by atoms with Gasteiger partial charge in [0.05, 0.1) is 18.2 Å². The number of aliphatic hydroxyl groups is 1. The molecule has 2 nitrogen and oxygen atoms in total. The molecule has 1 aromatic carbocycles. The van der Waals surface area contributed by atoms with Crippen molar-refractivity contribution < 1.29 is 5.11 Å². The molecule has 1 rings (SSSR count). The molecule has 0 bridgehead atoms. The average Bonchev–Trinajstić information content (AvgIpc) is 2.15. The number of rotatable bonds is 1. The van der Waals surface area contributed by atoms with Gasteiger partial charge in [-0.1, -0.05) is 39.0 Å². The van der Waals surface area contributed by atoms with E-state index in [0.29, 0.717) is 11.1 Å². The van der Waals surface area contributed by atoms with E-state index in [4.69, 9.17) is 10.4 Å². The van der Waals surface area contributed by atoms with Gasteiger partial charge in [0.15, 0.2) is 0 Å². The third kappa shape index (κ3) is 1.94. The molecule has 0 aliphatic heterocycles. The molecule has 0 aliphatic carbocycles. The molecule has 0 aromatic heterocycles. The van der Waals surface area contributed by atoms with E-state index < -0.39 is 0 Å². The van der Waals surface area contributed by atoms with Crippen LogP contribution in [0.3, 0.4) is 0 Å². The summed E-state index contributed by atoms with van der Waals surface area (Å²) in [5.41, 5.74) is 2.25. The maximum atomic E-state index is 9.09. The molecule has 0 spiro atoms. The largest absolute Gasteiger partial charge is 0.392 e. The van der Waals surface area contributed by atoms with Crippen LogP contribution in [-0.2, 0) is 12.0 Å². The summed E-state index contributed by atoms with van der Waals surface area (Å²) in [6, 6.07) is 7.77. The predicted molar refractivity (Wildman–Crippen MR) is 55.8 cm³/mol. The molecule has 0 unspecified atom stereocenters. The number of hydrogen-bond donors (Lipinski definition) is 1. The van der Waals surface area contributed by atoms with Crippen molar-refractivity contribution in [3.8, 4) is 6.07 Å². The molecular formula is C12H15NO. The van der Waals surface area contributed by atoms with Crippen LogP contribution in [0.1, 0.15) is 37.5 Å². The fourth-order valence-corrected chi connectivity index (χ4v) is 1.49. The van der Waals surface area contributed by atoms with Gasteiger partial charge in [-0.3, -0.25) is 0 Å². The Balaban J connectivity index is 3.39. The Kier molecular flexibility index (Phi) is 2.93. The molecule has 0 heterocycles. The van der Waals surface area contributed by atoms with E-state index in [1.54, 1.807) is 6.07 Å². The topological polar surface area (TPSA) is 44.0 Å². The molecule has 0 aliphatic rings. The van der Waals surface area contributed by atoms with Crippen LogP contribution in [-0.4, -0.2) is 5.11 Å². The van der Waals surface area contributed by atoms with Crippen molar-refractivity contribution >= 4 is 0 Å². The number of benzene rings is 1. The lowest BCUT2D eigenvalue weighted by Gasteiger charge is -2.21. The van der Waals surface area contributed by atoms with E-state index in [9.17, 15) is 0 Å². The molecule has 74 valence electrons. The summed E-state index contributed by atoms with van der Waals surface area (Å²) < 4.78 is 0. The zero-order valence-corrected chi connectivity index (χ0v) is 8.83. The molecule has 0 fully saturated rings. The first kappa shape index (κ1) is 10.7. The van der Waals surface area contributed by atoms with Gasteiger partial charge >= 0.3 is 0 Å². The lowest BCUT2D eigenvalue weighted by atomic mass is 9.82. The highest BCUT2D eigenvalue weighted by Gasteiger charge is 2.19. The summed E-state index contributed by atoms with van der Waals surface area (Å²) in [7, 11) is 0. The number of aliphatic hydroxyl groups excluding tert-OH is 1. The maximum Gasteiger partial charge on any atom is 0.0998 e. The minimum atomic E-state index is -0.0766. The second kappa shape index (κ2) is 3.81. The monoisotopic (exact) mass is 189 g/mol. The summed E-state index contributed by atoms with van der Waals surface area (Å²) in [5.74, 6) is 0. The second-order valence-corrected chi connectivity index (χ2v) is 4.36. The van der Waals surface area contributed by atoms with Crippen molar-refractivity contribution in [2.24, 2.45) is 0 Å². The number of nitriles is 1. The Morgan fingerprint density at radius 1 is 1.36 bits per heavy atom. The molecule has 0 amide bonds. The van der Waals surface area contributed by atoms with Gasteiger partial charge in [0.2, 0.25) is 0 Å². The van der Waals surface area contributed by atoms with Crippen LogP contribution < -0.4 is 0 Å². The Bertz CT molecular complexity index is 369. The average molecular weight is 189 g/mol. The van der Waals surface area contributed by atoms with Gasteiger partial charge in [-0.15, -0.1) is 0 Å². The molecule has 1 aromatic rings. The molecule has 0 saturated heterocycles. The van der Waals surface area contributed by atoms with E-state index in [1.807, 2.05) is 12.1 Å². The Morgan fingerprint density at radius 2 is 2.00 bits per heavy atom. The first-order valence-corrected chi connectivity index (χ1v) is 4.64. The normalized spacial score (nSPS) is 11.1. The Morgan fingerprint density at radius 3 is 2.43 bits per heavy atom. The van der Waals surface area contributed by atoms with Gasteiger partial charge in [0.25, 0.3) is 0 Å². The molecule has 14 heavy (non-hydrogen) atoms. The molecule has 0 saturated carbocycles. The van der Waals surface area contributed by atoms with E-state index in [1.165, 1.54) is 0 Å². The highest BCUT2D eigenvalue weighted by atomic mass is 16.3. The molecule has 0 radical (unpaired) electrons. The van der Waals surface area contributed by atoms with Gasteiger partial charge in [-0.2, -0.15) is 5.26 Å². The number of hydrogen-bond acceptors (Lipinski definition) is 2. The lowest BCUT2D eigenvalue weighted by molar-refractivity contribution is 0.281. The third-order valence-electron chi connectivity index (χ3n) is 2.24. The molecule has 0 atom stereocenters. The van der Waals surface area contributed by atoms with Crippen molar-refractivity contribution in [3.63, 3.8) is 0 Å². The smallest absolute Gasteiger partial charge is 0.0998 e. The minimum Gasteiger partial charge on any atom is -0.392 e. The summed E-state index contributed by atoms with van der Waals surface area (Å²) in [5, 5.41) is 18.1. The van der Waals surface area contributed by atoms with E-state index in [2.05, 4.69) is 26.8 Å². The van der Waals surface area contributed by atoms with Crippen molar-refractivity contribution in [2.45, 2.75) is 32.8 Å². The van der Waals surface area contributed by atoms with Crippen LogP contribution in [0, 0.1) is 11.3 Å². The lowest BCUT2D eigenvalue weighted by Crippen LogP contribution is -2.14. The molecule has 1 N–H and O–H groups in total. The Labute approximate surface area is 84.8 Å². The van der Waals surface area contributed by atoms with Crippen LogP contribution in [0.2, 0.25) is 0 Å². The zero-order valence-electron chi connectivity index (χ0n) is 8.83. The summed E-state index contributed by atoms with van der Waals surface area (Å²) in [6.45, 7) is 6.10. The van der Waals surface area contributed by atoms with E-state index >= 15 is 0 Å². The first-order valence-electron chi connectivity index (χ1n) is 4.64. The van der Waals surface area contributed by atoms with Gasteiger partial charge in [-0.05, 0) is 16.5 Å². The fraction of sp³-hybridized carbons (Fsp3) is 0.417. The standard InChI is InChI=1S/C12H15NO/c1-12(2,3)11-6-4-5-9(8-14)10(11)7-13/h4-6,14H,8H2,1-3H3. The minimum absolute atomic E-state index is 0.0593. The summed E-state index contributed by atoms with van der Waals surface area (Å²) in [4.78, 5) is 0. The fourth-order valence-electron chi connectivity index (χ4n) is 1.49. The van der Waals surface area contributed by atoms with E-state index in [-0.39, 0.29) is 12.0 Å². The van der Waals surface area contributed by atoms with Crippen LogP contribution in [0.5, 0.6) is 0 Å². The highest BCUT2D eigenvalue weighted by Crippen LogP contribution is 2.27. The SMILES string of the molecule is CC(C)(C)c1cccc(CO)c1C#N. The van der Waals surface area contributed by atoms with Gasteiger partial charge in [0.1, 0.15) is 0 Å². The second-order valence-electron chi connectivity index (χ2n) is 4.36. The Hall–Kier alpha value is -1.33. The first-order chi connectivity index (χ1) is 6.50. The highest BCUT2D eigenvalue weighted by molar-refractivity contribution is 5.47. The predicted octanol–water partition coefficient (Wildman–Crippen LogP) is 2.35. The van der Waals surface area contributed by atoms with Gasteiger partial charge in [-0.25, -0.2) is 0 Å². The van der Waals surface area contributed by atoms with Crippen molar-refractivity contribution in [1.82, 2.24) is 0 Å². The van der Waals surface area contributed by atoms with Crippen molar-refractivity contribution in [2.75, 3.05) is 0 Å². The van der Waals surface area contributed by atoms with Gasteiger partial charge in [0, 0.05) is 0 Å². The quantitative estimate of drug-likeness (QED) is 0.737. The third-order valence-corrected chi connectivity index (χ3v) is 2.24. The van der Waals surface area contributed by atoms with Crippen molar-refractivity contribution in [1.29, 1.82) is 5.26 Å². The van der Waals surface area contributed by atoms with Crippen LogP contribution in [0.25, 0.3) is 0 Å². The van der Waals surface area contributed by atoms with Crippen molar-refractivity contribution in [3.05, 3.63) is 34.9 Å². The maximum absolute atomic E-state index is 9.09. The van der Waals surface area contributed by atoms with Crippen LogP contribution in [0.4, 0.5) is 0 Å². The summed E-state index contributed by atoms with van der Waals surface area (Å²) in [6.07, 6.45) is 0. The number of nitrogens with zero attached hydrogens (tertiary/aromatic N) is 1. The van der Waals surface area contributed by atoms with E-state index in [0.717, 1.165) is 5.56 Å². The molecule has 2 heteroatoms. The summed E-state index contributed by atoms with van der Waals surface area (Å²) >= 11 is 0. The van der Waals surface area contributed by atoms with Crippen LogP contribution in [0.15, 0.2) is 18.2 Å². The van der Waals surface area contributed by atoms with Crippen LogP contribution >= 0.6 is 0 Å². The molecular weight excluding hydrogens is 174 g/mol. The zero-order chi connectivity index (χ0) is 10.8. The van der Waals surface area contributed by atoms with Gasteiger partial charge < -0.3 is 5.11 Å².